The van der Waals surface area contributed by atoms with Crippen molar-refractivity contribution in [2.24, 2.45) is 5.92 Å². The fraction of sp³-hybridized carbons (Fsp3) is 0.412. The van der Waals surface area contributed by atoms with E-state index in [4.69, 9.17) is 4.74 Å². The van der Waals surface area contributed by atoms with E-state index in [1.54, 1.807) is 13.3 Å². The minimum Gasteiger partial charge on any atom is -0.378 e. The Labute approximate surface area is 152 Å². The van der Waals surface area contributed by atoms with Gasteiger partial charge in [0.25, 0.3) is 5.91 Å². The number of ether oxygens (including phenoxy) is 1. The van der Waals surface area contributed by atoms with Crippen LogP contribution in [-0.4, -0.2) is 18.0 Å². The predicted octanol–water partition coefficient (Wildman–Crippen LogP) is 4.46. The van der Waals surface area contributed by atoms with Gasteiger partial charge in [-0.1, -0.05) is 28.8 Å². The molecular weight excluding hydrogens is 395 g/mol. The summed E-state index contributed by atoms with van der Waals surface area (Å²) in [5, 5.41) is 3.79. The third-order valence-electron chi connectivity index (χ3n) is 3.90. The van der Waals surface area contributed by atoms with Crippen LogP contribution in [0.5, 0.6) is 0 Å². The number of nitrogens with zero attached hydrogens (tertiary/aromatic N) is 1. The Balaban J connectivity index is 1.76. The molecule has 1 amide bonds. The molecular formula is C17H18BrFN2O2S. The Morgan fingerprint density at radius 1 is 1.50 bits per heavy atom. The van der Waals surface area contributed by atoms with Crippen molar-refractivity contribution in [1.29, 1.82) is 0 Å². The summed E-state index contributed by atoms with van der Waals surface area (Å²) in [6.07, 6.45) is 4.72. The molecule has 7 heteroatoms. The summed E-state index contributed by atoms with van der Waals surface area (Å²) in [5.74, 6) is 0.110. The highest BCUT2D eigenvalue weighted by molar-refractivity contribution is 9.10. The number of carbonyl (C=O) groups excluding carboxylic acids is 1. The van der Waals surface area contributed by atoms with Crippen LogP contribution in [0.4, 0.5) is 4.39 Å². The molecule has 2 aromatic rings. The monoisotopic (exact) mass is 412 g/mol. The molecule has 128 valence electrons. The van der Waals surface area contributed by atoms with Crippen molar-refractivity contribution in [2.75, 3.05) is 7.11 Å². The molecule has 0 saturated heterocycles. The molecule has 1 unspecified atom stereocenters. The standard InChI is InChI=1S/C17H18BrFN2O2S/c1-23-9-16-20-8-15(24-16)17(22)21-14(4-10-2-3-10)11-5-12(18)7-13(19)6-11/h5-8,10,14H,2-4,9H2,1H3,(H,21,22). The van der Waals surface area contributed by atoms with Crippen LogP contribution in [0.2, 0.25) is 0 Å². The van der Waals surface area contributed by atoms with Crippen molar-refractivity contribution in [3.63, 3.8) is 0 Å². The van der Waals surface area contributed by atoms with Crippen LogP contribution in [-0.2, 0) is 11.3 Å². The van der Waals surface area contributed by atoms with Crippen molar-refractivity contribution in [2.45, 2.75) is 31.9 Å². The van der Waals surface area contributed by atoms with E-state index in [1.165, 1.54) is 36.3 Å². The average molecular weight is 413 g/mol. The third kappa shape index (κ3) is 4.62. The average Bonchev–Trinajstić information content (AvgIpc) is 3.21. The van der Waals surface area contributed by atoms with Gasteiger partial charge in [-0.05, 0) is 36.1 Å². The van der Waals surface area contributed by atoms with Gasteiger partial charge in [0.05, 0.1) is 18.8 Å². The van der Waals surface area contributed by atoms with E-state index in [0.29, 0.717) is 21.9 Å². The number of aromatic nitrogens is 1. The molecule has 24 heavy (non-hydrogen) atoms. The van der Waals surface area contributed by atoms with Crippen molar-refractivity contribution in [3.05, 3.63) is 50.1 Å². The maximum atomic E-state index is 13.7. The van der Waals surface area contributed by atoms with E-state index >= 15 is 0 Å². The molecule has 0 aliphatic heterocycles. The molecule has 1 aliphatic rings. The predicted molar refractivity (Wildman–Crippen MR) is 94.5 cm³/mol. The first-order chi connectivity index (χ1) is 11.5. The fourth-order valence-corrected chi connectivity index (χ4v) is 3.85. The van der Waals surface area contributed by atoms with E-state index in [0.717, 1.165) is 17.0 Å². The Morgan fingerprint density at radius 3 is 2.96 bits per heavy atom. The zero-order chi connectivity index (χ0) is 17.1. The summed E-state index contributed by atoms with van der Waals surface area (Å²) < 4.78 is 19.4. The van der Waals surface area contributed by atoms with Crippen LogP contribution in [0.3, 0.4) is 0 Å². The number of hydrogen-bond donors (Lipinski definition) is 1. The highest BCUT2D eigenvalue weighted by Crippen LogP contribution is 2.38. The summed E-state index contributed by atoms with van der Waals surface area (Å²) in [6, 6.07) is 4.56. The van der Waals surface area contributed by atoms with Crippen LogP contribution in [0, 0.1) is 11.7 Å². The number of amides is 1. The SMILES string of the molecule is COCc1ncc(C(=O)NC(CC2CC2)c2cc(F)cc(Br)c2)s1. The minimum absolute atomic E-state index is 0.180. The van der Waals surface area contributed by atoms with E-state index in [-0.39, 0.29) is 17.8 Å². The number of hydrogen-bond acceptors (Lipinski definition) is 4. The number of rotatable bonds is 7. The molecule has 4 nitrogen and oxygen atoms in total. The summed E-state index contributed by atoms with van der Waals surface area (Å²) in [5.41, 5.74) is 0.781. The van der Waals surface area contributed by atoms with Gasteiger partial charge in [-0.2, -0.15) is 0 Å². The maximum absolute atomic E-state index is 13.7. The Hall–Kier alpha value is -1.31. The number of methoxy groups -OCH3 is 1. The maximum Gasteiger partial charge on any atom is 0.263 e. The quantitative estimate of drug-likeness (QED) is 0.729. The number of halogens is 2. The molecule has 3 rings (SSSR count). The number of benzene rings is 1. The van der Waals surface area contributed by atoms with Gasteiger partial charge in [-0.25, -0.2) is 9.37 Å². The van der Waals surface area contributed by atoms with Crippen molar-refractivity contribution in [3.8, 4) is 0 Å². The molecule has 0 spiro atoms. The van der Waals surface area contributed by atoms with Gasteiger partial charge < -0.3 is 10.1 Å². The second-order valence-electron chi connectivity index (χ2n) is 5.96. The van der Waals surface area contributed by atoms with Crippen molar-refractivity contribution < 1.29 is 13.9 Å². The Morgan fingerprint density at radius 2 is 2.29 bits per heavy atom. The number of thiazole rings is 1. The molecule has 1 atom stereocenters. The lowest BCUT2D eigenvalue weighted by Crippen LogP contribution is -2.28. The first kappa shape index (κ1) is 17.5. The van der Waals surface area contributed by atoms with Crippen LogP contribution >= 0.6 is 27.3 Å². The van der Waals surface area contributed by atoms with Gasteiger partial charge in [-0.15, -0.1) is 11.3 Å². The lowest BCUT2D eigenvalue weighted by Gasteiger charge is -2.19. The molecule has 1 saturated carbocycles. The van der Waals surface area contributed by atoms with E-state index < -0.39 is 0 Å². The number of carbonyl (C=O) groups is 1. The zero-order valence-electron chi connectivity index (χ0n) is 13.2. The molecule has 1 aromatic heterocycles. The summed E-state index contributed by atoms with van der Waals surface area (Å²) in [6.45, 7) is 0.389. The third-order valence-corrected chi connectivity index (χ3v) is 5.33. The van der Waals surface area contributed by atoms with Gasteiger partial charge in [-0.3, -0.25) is 4.79 Å². The first-order valence-corrected chi connectivity index (χ1v) is 9.36. The lowest BCUT2D eigenvalue weighted by atomic mass is 10.0. The Bertz CT molecular complexity index is 713. The van der Waals surface area contributed by atoms with Crippen LogP contribution in [0.25, 0.3) is 0 Å². The highest BCUT2D eigenvalue weighted by atomic mass is 79.9. The van der Waals surface area contributed by atoms with Crippen molar-refractivity contribution in [1.82, 2.24) is 10.3 Å². The normalized spacial score (nSPS) is 15.3. The van der Waals surface area contributed by atoms with E-state index in [9.17, 15) is 9.18 Å². The largest absolute Gasteiger partial charge is 0.378 e. The van der Waals surface area contributed by atoms with Gasteiger partial charge in [0, 0.05) is 11.6 Å². The van der Waals surface area contributed by atoms with E-state index in [1.807, 2.05) is 6.07 Å². The fourth-order valence-electron chi connectivity index (χ4n) is 2.58. The second kappa shape index (κ2) is 7.72. The molecule has 1 aromatic carbocycles. The number of nitrogens with one attached hydrogen (secondary N) is 1. The van der Waals surface area contributed by atoms with E-state index in [2.05, 4.69) is 26.2 Å². The molecule has 1 heterocycles. The zero-order valence-corrected chi connectivity index (χ0v) is 15.6. The van der Waals surface area contributed by atoms with Crippen LogP contribution in [0.15, 0.2) is 28.9 Å². The molecule has 1 fully saturated rings. The topological polar surface area (TPSA) is 51.2 Å². The molecule has 0 radical (unpaired) electrons. The van der Waals surface area contributed by atoms with Crippen LogP contribution < -0.4 is 5.32 Å². The highest BCUT2D eigenvalue weighted by Gasteiger charge is 2.28. The molecule has 1 N–H and O–H groups in total. The van der Waals surface area contributed by atoms with Gasteiger partial charge >= 0.3 is 0 Å². The second-order valence-corrected chi connectivity index (χ2v) is 7.99. The van der Waals surface area contributed by atoms with Gasteiger partial charge in [0.1, 0.15) is 15.7 Å². The molecule has 0 bridgehead atoms. The van der Waals surface area contributed by atoms with Gasteiger partial charge in [0.2, 0.25) is 0 Å². The Kier molecular flexibility index (Phi) is 5.63. The van der Waals surface area contributed by atoms with Crippen LogP contribution in [0.1, 0.15) is 45.5 Å². The van der Waals surface area contributed by atoms with Gasteiger partial charge in [0.15, 0.2) is 0 Å². The summed E-state index contributed by atoms with van der Waals surface area (Å²) in [7, 11) is 1.59. The summed E-state index contributed by atoms with van der Waals surface area (Å²) in [4.78, 5) is 17.2. The first-order valence-electron chi connectivity index (χ1n) is 7.75. The molecule has 1 aliphatic carbocycles. The lowest BCUT2D eigenvalue weighted by molar-refractivity contribution is 0.0937. The summed E-state index contributed by atoms with van der Waals surface area (Å²) >= 11 is 4.63. The van der Waals surface area contributed by atoms with Crippen molar-refractivity contribution >= 4 is 33.2 Å². The smallest absolute Gasteiger partial charge is 0.263 e. The minimum atomic E-state index is -0.311.